The molecule has 3 nitrogen and oxygen atoms in total. The molecule has 1 rings (SSSR count). The summed E-state index contributed by atoms with van der Waals surface area (Å²) in [7, 11) is -1.68. The number of hydrogen-bond donors (Lipinski definition) is 0. The Kier molecular flexibility index (Phi) is 4.12. The molecule has 0 N–H and O–H groups in total. The van der Waals surface area contributed by atoms with Crippen molar-refractivity contribution in [2.24, 2.45) is 0 Å². The zero-order chi connectivity index (χ0) is 10.8. The molecule has 1 unspecified atom stereocenters. The summed E-state index contributed by atoms with van der Waals surface area (Å²) in [6.45, 7) is 2.39. The topological polar surface area (TPSA) is 37.4 Å². The lowest BCUT2D eigenvalue weighted by Gasteiger charge is -2.16. The largest absolute Gasteiger partial charge is 0.252 e. The Balaban J connectivity index is 2.86. The van der Waals surface area contributed by atoms with Gasteiger partial charge in [0.05, 0.1) is 0 Å². The number of nitrogens with zero attached hydrogens (tertiary/aromatic N) is 1. The third-order valence-electron chi connectivity index (χ3n) is 1.67. The summed E-state index contributed by atoms with van der Waals surface area (Å²) in [4.78, 5) is 0.155. The van der Waals surface area contributed by atoms with Crippen molar-refractivity contribution in [3.8, 4) is 0 Å². The SMILES string of the molecule is CC(Br)CN(C)S(=O)(=O)c1cccs1. The van der Waals surface area contributed by atoms with Crippen LogP contribution in [0.4, 0.5) is 0 Å². The van der Waals surface area contributed by atoms with Gasteiger partial charge in [-0.05, 0) is 11.4 Å². The highest BCUT2D eigenvalue weighted by atomic mass is 79.9. The number of thiophene rings is 1. The number of hydrogen-bond acceptors (Lipinski definition) is 3. The van der Waals surface area contributed by atoms with Gasteiger partial charge >= 0.3 is 0 Å². The van der Waals surface area contributed by atoms with E-state index in [2.05, 4.69) is 15.9 Å². The first-order chi connectivity index (χ1) is 6.44. The lowest BCUT2D eigenvalue weighted by molar-refractivity contribution is 0.475. The Hall–Kier alpha value is 0.0900. The van der Waals surface area contributed by atoms with Gasteiger partial charge in [0.15, 0.2) is 0 Å². The van der Waals surface area contributed by atoms with Crippen molar-refractivity contribution in [3.05, 3.63) is 17.5 Å². The molecular weight excluding hydrogens is 286 g/mol. The van der Waals surface area contributed by atoms with Crippen LogP contribution in [0, 0.1) is 0 Å². The maximum Gasteiger partial charge on any atom is 0.252 e. The smallest absolute Gasteiger partial charge is 0.206 e. The predicted molar refractivity (Wildman–Crippen MR) is 62.5 cm³/mol. The summed E-state index contributed by atoms with van der Waals surface area (Å²) >= 11 is 4.57. The third kappa shape index (κ3) is 2.79. The summed E-state index contributed by atoms with van der Waals surface area (Å²) in [5.74, 6) is 0. The minimum atomic E-state index is -3.27. The van der Waals surface area contributed by atoms with E-state index in [0.717, 1.165) is 0 Å². The highest BCUT2D eigenvalue weighted by Crippen LogP contribution is 2.20. The van der Waals surface area contributed by atoms with Gasteiger partial charge in [-0.25, -0.2) is 8.42 Å². The van der Waals surface area contributed by atoms with E-state index in [1.807, 2.05) is 6.92 Å². The average molecular weight is 298 g/mol. The van der Waals surface area contributed by atoms with E-state index >= 15 is 0 Å². The van der Waals surface area contributed by atoms with Crippen LogP contribution in [0.3, 0.4) is 0 Å². The normalized spacial score (nSPS) is 14.6. The van der Waals surface area contributed by atoms with Crippen LogP contribution in [0.25, 0.3) is 0 Å². The lowest BCUT2D eigenvalue weighted by atomic mass is 10.5. The molecule has 0 spiro atoms. The van der Waals surface area contributed by atoms with E-state index in [4.69, 9.17) is 0 Å². The highest BCUT2D eigenvalue weighted by Gasteiger charge is 2.22. The molecule has 0 amide bonds. The number of halogens is 1. The number of alkyl halides is 1. The minimum Gasteiger partial charge on any atom is -0.206 e. The van der Waals surface area contributed by atoms with Crippen LogP contribution in [0.15, 0.2) is 21.7 Å². The van der Waals surface area contributed by atoms with Gasteiger partial charge in [-0.1, -0.05) is 28.9 Å². The second kappa shape index (κ2) is 4.74. The van der Waals surface area contributed by atoms with E-state index in [1.54, 1.807) is 24.6 Å². The maximum atomic E-state index is 11.8. The molecule has 1 atom stereocenters. The molecule has 0 bridgehead atoms. The molecule has 14 heavy (non-hydrogen) atoms. The van der Waals surface area contributed by atoms with Gasteiger partial charge in [-0.2, -0.15) is 4.31 Å². The first-order valence-corrected chi connectivity index (χ1v) is 7.32. The molecule has 1 aromatic rings. The quantitative estimate of drug-likeness (QED) is 0.799. The van der Waals surface area contributed by atoms with Gasteiger partial charge in [-0.3, -0.25) is 0 Å². The van der Waals surface area contributed by atoms with Crippen LogP contribution in [-0.4, -0.2) is 31.1 Å². The van der Waals surface area contributed by atoms with Crippen LogP contribution < -0.4 is 0 Å². The summed E-state index contributed by atoms with van der Waals surface area (Å²) in [6, 6.07) is 3.36. The molecule has 0 radical (unpaired) electrons. The lowest BCUT2D eigenvalue weighted by Crippen LogP contribution is -2.30. The molecule has 0 fully saturated rings. The zero-order valence-electron chi connectivity index (χ0n) is 7.97. The molecule has 1 aromatic heterocycles. The summed E-state index contributed by atoms with van der Waals surface area (Å²) in [5.41, 5.74) is 0. The summed E-state index contributed by atoms with van der Waals surface area (Å²) < 4.78 is 25.4. The maximum absolute atomic E-state index is 11.8. The van der Waals surface area contributed by atoms with Crippen LogP contribution in [0.1, 0.15) is 6.92 Å². The first kappa shape index (κ1) is 12.2. The van der Waals surface area contributed by atoms with E-state index in [1.165, 1.54) is 15.6 Å². The number of sulfonamides is 1. The fourth-order valence-corrected chi connectivity index (χ4v) is 4.10. The van der Waals surface area contributed by atoms with Crippen LogP contribution in [0.2, 0.25) is 0 Å². The predicted octanol–water partition coefficient (Wildman–Crippen LogP) is 2.15. The molecule has 0 aliphatic rings. The minimum absolute atomic E-state index is 0.155. The molecule has 0 saturated heterocycles. The second-order valence-corrected chi connectivity index (χ2v) is 7.78. The first-order valence-electron chi connectivity index (χ1n) is 4.08. The average Bonchev–Trinajstić information content (AvgIpc) is 2.54. The van der Waals surface area contributed by atoms with Gasteiger partial charge in [0.2, 0.25) is 0 Å². The summed E-state index contributed by atoms with van der Waals surface area (Å²) in [6.07, 6.45) is 0. The number of rotatable bonds is 4. The Morgan fingerprint density at radius 3 is 2.71 bits per heavy atom. The van der Waals surface area contributed by atoms with E-state index in [9.17, 15) is 8.42 Å². The molecule has 0 saturated carbocycles. The van der Waals surface area contributed by atoms with E-state index < -0.39 is 10.0 Å². The molecule has 1 heterocycles. The van der Waals surface area contributed by atoms with Crippen molar-refractivity contribution in [1.29, 1.82) is 0 Å². The Morgan fingerprint density at radius 1 is 1.64 bits per heavy atom. The highest BCUT2D eigenvalue weighted by molar-refractivity contribution is 9.09. The van der Waals surface area contributed by atoms with Gasteiger partial charge in [0.25, 0.3) is 10.0 Å². The molecule has 0 aliphatic heterocycles. The van der Waals surface area contributed by atoms with Gasteiger partial charge in [0, 0.05) is 18.4 Å². The summed E-state index contributed by atoms with van der Waals surface area (Å²) in [5, 5.41) is 1.76. The van der Waals surface area contributed by atoms with Gasteiger partial charge in [0.1, 0.15) is 4.21 Å². The molecular formula is C8H12BrNO2S2. The third-order valence-corrected chi connectivity index (χ3v) is 5.15. The fourth-order valence-electron chi connectivity index (χ4n) is 1.02. The van der Waals surface area contributed by atoms with Crippen LogP contribution >= 0.6 is 27.3 Å². The van der Waals surface area contributed by atoms with E-state index in [0.29, 0.717) is 10.8 Å². The molecule has 80 valence electrons. The van der Waals surface area contributed by atoms with Crippen molar-refractivity contribution >= 4 is 37.3 Å². The van der Waals surface area contributed by atoms with Gasteiger partial charge < -0.3 is 0 Å². The van der Waals surface area contributed by atoms with Crippen molar-refractivity contribution in [2.75, 3.05) is 13.6 Å². The van der Waals surface area contributed by atoms with Gasteiger partial charge in [-0.15, -0.1) is 11.3 Å². The Labute approximate surface area is 96.9 Å². The second-order valence-electron chi connectivity index (χ2n) is 3.00. The Bertz CT molecular complexity index is 372. The Morgan fingerprint density at radius 2 is 2.29 bits per heavy atom. The van der Waals surface area contributed by atoms with E-state index in [-0.39, 0.29) is 4.83 Å². The van der Waals surface area contributed by atoms with Crippen molar-refractivity contribution in [2.45, 2.75) is 16.0 Å². The zero-order valence-corrected chi connectivity index (χ0v) is 11.2. The molecule has 0 aliphatic carbocycles. The monoisotopic (exact) mass is 297 g/mol. The van der Waals surface area contributed by atoms with Crippen molar-refractivity contribution in [1.82, 2.24) is 4.31 Å². The van der Waals surface area contributed by atoms with Crippen LogP contribution in [-0.2, 0) is 10.0 Å². The fraction of sp³-hybridized carbons (Fsp3) is 0.500. The standard InChI is InChI=1S/C8H12BrNO2S2/c1-7(9)6-10(2)14(11,12)8-4-3-5-13-8/h3-5,7H,6H2,1-2H3. The van der Waals surface area contributed by atoms with Crippen LogP contribution in [0.5, 0.6) is 0 Å². The molecule has 6 heteroatoms. The molecule has 0 aromatic carbocycles. The van der Waals surface area contributed by atoms with Crippen molar-refractivity contribution < 1.29 is 8.42 Å². The van der Waals surface area contributed by atoms with Crippen molar-refractivity contribution in [3.63, 3.8) is 0 Å².